The number of nitrogens with one attached hydrogen (secondary N) is 2. The number of hydrogen-bond acceptors (Lipinski definition) is 3. The second-order valence-electron chi connectivity index (χ2n) is 2.88. The third kappa shape index (κ3) is 3.02. The molecule has 2 N–H and O–H groups in total. The van der Waals surface area contributed by atoms with Crippen LogP contribution in [0.5, 0.6) is 0 Å². The fourth-order valence-corrected chi connectivity index (χ4v) is 1.02. The SMILES string of the molecule is CNCCN(C)Cc1ncc[nH]1. The van der Waals surface area contributed by atoms with E-state index in [0.717, 1.165) is 25.5 Å². The van der Waals surface area contributed by atoms with Crippen molar-refractivity contribution in [1.29, 1.82) is 0 Å². The van der Waals surface area contributed by atoms with Gasteiger partial charge in [0.05, 0.1) is 6.54 Å². The lowest BCUT2D eigenvalue weighted by molar-refractivity contribution is 0.321. The Morgan fingerprint density at radius 2 is 2.50 bits per heavy atom. The van der Waals surface area contributed by atoms with Crippen molar-refractivity contribution in [3.8, 4) is 0 Å². The summed E-state index contributed by atoms with van der Waals surface area (Å²) in [5, 5.41) is 3.11. The number of likely N-dealkylation sites (N-methyl/N-ethyl adjacent to an activating group) is 2. The van der Waals surface area contributed by atoms with Gasteiger partial charge in [0, 0.05) is 25.5 Å². The Morgan fingerprint density at radius 1 is 1.67 bits per heavy atom. The second-order valence-corrected chi connectivity index (χ2v) is 2.88. The molecule has 1 aromatic heterocycles. The van der Waals surface area contributed by atoms with E-state index in [1.165, 1.54) is 0 Å². The summed E-state index contributed by atoms with van der Waals surface area (Å²) in [6.07, 6.45) is 3.63. The zero-order valence-corrected chi connectivity index (χ0v) is 7.67. The molecular formula is C8H16N4. The molecule has 4 nitrogen and oxygen atoms in total. The molecule has 0 saturated heterocycles. The highest BCUT2D eigenvalue weighted by molar-refractivity contribution is 4.86. The summed E-state index contributed by atoms with van der Waals surface area (Å²) in [6.45, 7) is 2.93. The zero-order valence-electron chi connectivity index (χ0n) is 7.67. The van der Waals surface area contributed by atoms with E-state index in [0.29, 0.717) is 0 Å². The highest BCUT2D eigenvalue weighted by atomic mass is 15.1. The fraction of sp³-hybridized carbons (Fsp3) is 0.625. The van der Waals surface area contributed by atoms with Gasteiger partial charge in [-0.2, -0.15) is 0 Å². The minimum atomic E-state index is 0.884. The Bertz CT molecular complexity index is 195. The normalized spacial score (nSPS) is 10.9. The minimum Gasteiger partial charge on any atom is -0.348 e. The molecule has 0 aliphatic rings. The van der Waals surface area contributed by atoms with Crippen LogP contribution in [-0.2, 0) is 6.54 Å². The number of aromatic nitrogens is 2. The molecule has 0 radical (unpaired) electrons. The van der Waals surface area contributed by atoms with Gasteiger partial charge in [0.1, 0.15) is 5.82 Å². The Balaban J connectivity index is 2.22. The molecule has 4 heteroatoms. The standard InChI is InChI=1S/C8H16N4/c1-9-5-6-12(2)7-8-10-3-4-11-8/h3-4,9H,5-7H2,1-2H3,(H,10,11). The maximum atomic E-state index is 4.15. The Kier molecular flexibility index (Phi) is 3.76. The molecule has 0 aromatic carbocycles. The molecule has 0 unspecified atom stereocenters. The van der Waals surface area contributed by atoms with Gasteiger partial charge in [-0.25, -0.2) is 4.98 Å². The van der Waals surface area contributed by atoms with Crippen LogP contribution < -0.4 is 5.32 Å². The molecule has 0 saturated carbocycles. The van der Waals surface area contributed by atoms with Gasteiger partial charge in [-0.1, -0.05) is 0 Å². The molecule has 0 amide bonds. The van der Waals surface area contributed by atoms with E-state index >= 15 is 0 Å². The van der Waals surface area contributed by atoms with E-state index in [-0.39, 0.29) is 0 Å². The van der Waals surface area contributed by atoms with Gasteiger partial charge in [0.25, 0.3) is 0 Å². The van der Waals surface area contributed by atoms with E-state index in [1.807, 2.05) is 13.2 Å². The first-order valence-electron chi connectivity index (χ1n) is 4.14. The van der Waals surface area contributed by atoms with Crippen molar-refractivity contribution in [2.24, 2.45) is 0 Å². The third-order valence-corrected chi connectivity index (χ3v) is 1.72. The van der Waals surface area contributed by atoms with Crippen molar-refractivity contribution < 1.29 is 0 Å². The van der Waals surface area contributed by atoms with Crippen molar-refractivity contribution in [1.82, 2.24) is 20.2 Å². The van der Waals surface area contributed by atoms with Gasteiger partial charge in [-0.15, -0.1) is 0 Å². The number of rotatable bonds is 5. The molecular weight excluding hydrogens is 152 g/mol. The number of H-pyrrole nitrogens is 1. The van der Waals surface area contributed by atoms with Crippen LogP contribution in [0, 0.1) is 0 Å². The van der Waals surface area contributed by atoms with E-state index in [2.05, 4.69) is 27.2 Å². The summed E-state index contributed by atoms with van der Waals surface area (Å²) in [4.78, 5) is 9.44. The van der Waals surface area contributed by atoms with Crippen molar-refractivity contribution >= 4 is 0 Å². The molecule has 1 rings (SSSR count). The highest BCUT2D eigenvalue weighted by Crippen LogP contribution is 1.93. The maximum absolute atomic E-state index is 4.15. The molecule has 68 valence electrons. The van der Waals surface area contributed by atoms with Gasteiger partial charge < -0.3 is 10.3 Å². The molecule has 1 heterocycles. The topological polar surface area (TPSA) is 44.0 Å². The quantitative estimate of drug-likeness (QED) is 0.653. The van der Waals surface area contributed by atoms with Crippen molar-refractivity contribution in [2.45, 2.75) is 6.54 Å². The Morgan fingerprint density at radius 3 is 3.08 bits per heavy atom. The molecule has 0 spiro atoms. The lowest BCUT2D eigenvalue weighted by Crippen LogP contribution is -2.27. The first-order valence-corrected chi connectivity index (χ1v) is 4.14. The molecule has 0 aliphatic heterocycles. The molecule has 0 fully saturated rings. The van der Waals surface area contributed by atoms with Crippen LogP contribution in [0.2, 0.25) is 0 Å². The van der Waals surface area contributed by atoms with Crippen molar-refractivity contribution in [2.75, 3.05) is 27.2 Å². The molecule has 0 aliphatic carbocycles. The van der Waals surface area contributed by atoms with E-state index in [1.54, 1.807) is 6.20 Å². The van der Waals surface area contributed by atoms with Crippen LogP contribution >= 0.6 is 0 Å². The fourth-order valence-electron chi connectivity index (χ4n) is 1.02. The molecule has 12 heavy (non-hydrogen) atoms. The van der Waals surface area contributed by atoms with Crippen LogP contribution in [0.1, 0.15) is 5.82 Å². The van der Waals surface area contributed by atoms with Crippen molar-refractivity contribution in [3.05, 3.63) is 18.2 Å². The average Bonchev–Trinajstić information content (AvgIpc) is 2.53. The van der Waals surface area contributed by atoms with Crippen LogP contribution in [0.3, 0.4) is 0 Å². The highest BCUT2D eigenvalue weighted by Gasteiger charge is 1.99. The van der Waals surface area contributed by atoms with Gasteiger partial charge in [-0.05, 0) is 14.1 Å². The minimum absolute atomic E-state index is 0.884. The summed E-state index contributed by atoms with van der Waals surface area (Å²) in [5.74, 6) is 1.02. The lowest BCUT2D eigenvalue weighted by Gasteiger charge is -2.14. The summed E-state index contributed by atoms with van der Waals surface area (Å²) in [6, 6.07) is 0. The largest absolute Gasteiger partial charge is 0.348 e. The van der Waals surface area contributed by atoms with Gasteiger partial charge in [-0.3, -0.25) is 4.90 Å². The maximum Gasteiger partial charge on any atom is 0.120 e. The summed E-state index contributed by atoms with van der Waals surface area (Å²) >= 11 is 0. The first kappa shape index (κ1) is 9.22. The van der Waals surface area contributed by atoms with E-state index < -0.39 is 0 Å². The Labute approximate surface area is 73.0 Å². The molecule has 0 atom stereocenters. The summed E-state index contributed by atoms with van der Waals surface area (Å²) in [7, 11) is 4.04. The van der Waals surface area contributed by atoms with Crippen LogP contribution in [0.25, 0.3) is 0 Å². The van der Waals surface area contributed by atoms with Crippen molar-refractivity contribution in [3.63, 3.8) is 0 Å². The zero-order chi connectivity index (χ0) is 8.81. The molecule has 0 bridgehead atoms. The molecule has 1 aromatic rings. The average molecular weight is 168 g/mol. The summed E-state index contributed by atoms with van der Waals surface area (Å²) < 4.78 is 0. The predicted octanol–water partition coefficient (Wildman–Crippen LogP) is 0.0609. The number of hydrogen-bond donors (Lipinski definition) is 2. The van der Waals surface area contributed by atoms with E-state index in [4.69, 9.17) is 0 Å². The Hall–Kier alpha value is -0.870. The van der Waals surface area contributed by atoms with Gasteiger partial charge in [0.15, 0.2) is 0 Å². The number of aromatic amines is 1. The predicted molar refractivity (Wildman–Crippen MR) is 48.8 cm³/mol. The van der Waals surface area contributed by atoms with Crippen LogP contribution in [0.15, 0.2) is 12.4 Å². The number of imidazole rings is 1. The smallest absolute Gasteiger partial charge is 0.120 e. The first-order chi connectivity index (χ1) is 5.83. The van der Waals surface area contributed by atoms with E-state index in [9.17, 15) is 0 Å². The third-order valence-electron chi connectivity index (χ3n) is 1.72. The van der Waals surface area contributed by atoms with Gasteiger partial charge >= 0.3 is 0 Å². The summed E-state index contributed by atoms with van der Waals surface area (Å²) in [5.41, 5.74) is 0. The van der Waals surface area contributed by atoms with Crippen LogP contribution in [-0.4, -0.2) is 42.1 Å². The monoisotopic (exact) mass is 168 g/mol. The van der Waals surface area contributed by atoms with Gasteiger partial charge in [0.2, 0.25) is 0 Å². The second kappa shape index (κ2) is 4.90. The number of nitrogens with zero attached hydrogens (tertiary/aromatic N) is 2. The van der Waals surface area contributed by atoms with Crippen LogP contribution in [0.4, 0.5) is 0 Å². The lowest BCUT2D eigenvalue weighted by atomic mass is 10.5.